The zero-order valence-corrected chi connectivity index (χ0v) is 17.4. The van der Waals surface area contributed by atoms with E-state index < -0.39 is 0 Å². The number of carbonyl (C=O) groups is 1. The first-order valence-electron chi connectivity index (χ1n) is 10.1. The summed E-state index contributed by atoms with van der Waals surface area (Å²) in [5.74, 6) is 0.772. The summed E-state index contributed by atoms with van der Waals surface area (Å²) in [6.45, 7) is 8.01. The molecular weight excluding hydrogens is 362 g/mol. The number of nitrogens with one attached hydrogen (secondary N) is 1. The van der Waals surface area contributed by atoms with Gasteiger partial charge in [-0.3, -0.25) is 9.48 Å². The molecule has 3 aromatic rings. The van der Waals surface area contributed by atoms with Crippen molar-refractivity contribution in [2.45, 2.75) is 46.8 Å². The fourth-order valence-electron chi connectivity index (χ4n) is 3.22. The second-order valence-corrected chi connectivity index (χ2v) is 7.25. The Morgan fingerprint density at radius 2 is 1.86 bits per heavy atom. The molecule has 1 amide bonds. The lowest BCUT2D eigenvalue weighted by Crippen LogP contribution is -2.25. The van der Waals surface area contributed by atoms with Crippen LogP contribution in [0.2, 0.25) is 0 Å². The molecule has 0 atom stereocenters. The highest BCUT2D eigenvalue weighted by Gasteiger charge is 2.07. The molecule has 0 fully saturated rings. The minimum Gasteiger partial charge on any atom is -0.489 e. The first-order chi connectivity index (χ1) is 14.0. The van der Waals surface area contributed by atoms with Gasteiger partial charge in [-0.1, -0.05) is 31.2 Å². The molecule has 0 spiro atoms. The number of aryl methyl sites for hydroxylation is 4. The highest BCUT2D eigenvalue weighted by atomic mass is 16.5. The lowest BCUT2D eigenvalue weighted by Gasteiger charge is -2.09. The van der Waals surface area contributed by atoms with E-state index in [1.54, 1.807) is 0 Å². The number of benzene rings is 2. The third-order valence-corrected chi connectivity index (χ3v) is 4.86. The number of hydrogen-bond acceptors (Lipinski definition) is 3. The molecule has 0 aliphatic heterocycles. The van der Waals surface area contributed by atoms with E-state index in [0.717, 1.165) is 42.1 Å². The Kier molecular flexibility index (Phi) is 7.06. The Labute approximate surface area is 172 Å². The molecule has 2 aromatic carbocycles. The Morgan fingerprint density at radius 3 is 2.55 bits per heavy atom. The van der Waals surface area contributed by atoms with Crippen molar-refractivity contribution < 1.29 is 9.53 Å². The largest absolute Gasteiger partial charge is 0.489 e. The van der Waals surface area contributed by atoms with Crippen LogP contribution in [0, 0.1) is 13.8 Å². The molecule has 0 aliphatic carbocycles. The smallest absolute Gasteiger partial charge is 0.251 e. The second-order valence-electron chi connectivity index (χ2n) is 7.25. The minimum absolute atomic E-state index is 0.0625. The number of carbonyl (C=O) groups excluding carboxylic acids is 1. The van der Waals surface area contributed by atoms with Crippen molar-refractivity contribution in [3.05, 3.63) is 82.7 Å². The molecule has 0 radical (unpaired) electrons. The average molecular weight is 392 g/mol. The fraction of sp³-hybridized carbons (Fsp3) is 0.333. The monoisotopic (exact) mass is 391 g/mol. The summed E-state index contributed by atoms with van der Waals surface area (Å²) in [6, 6.07) is 17.8. The zero-order chi connectivity index (χ0) is 20.6. The van der Waals surface area contributed by atoms with Crippen LogP contribution in [0.25, 0.3) is 0 Å². The van der Waals surface area contributed by atoms with Crippen LogP contribution in [0.5, 0.6) is 5.75 Å². The van der Waals surface area contributed by atoms with Crippen molar-refractivity contribution in [1.29, 1.82) is 0 Å². The Balaban J connectivity index is 1.47. The fourth-order valence-corrected chi connectivity index (χ4v) is 3.22. The molecule has 5 heteroatoms. The number of ether oxygens (including phenoxy) is 1. The lowest BCUT2D eigenvalue weighted by molar-refractivity contribution is 0.0952. The van der Waals surface area contributed by atoms with Crippen LogP contribution < -0.4 is 10.1 Å². The predicted molar refractivity (Wildman–Crippen MR) is 115 cm³/mol. The van der Waals surface area contributed by atoms with Crippen molar-refractivity contribution in [2.24, 2.45) is 0 Å². The summed E-state index contributed by atoms with van der Waals surface area (Å²) in [7, 11) is 0. The van der Waals surface area contributed by atoms with Gasteiger partial charge in [0, 0.05) is 24.3 Å². The van der Waals surface area contributed by atoms with Gasteiger partial charge in [-0.25, -0.2) is 0 Å². The topological polar surface area (TPSA) is 56.1 Å². The van der Waals surface area contributed by atoms with E-state index in [1.807, 2.05) is 54.9 Å². The van der Waals surface area contributed by atoms with Crippen LogP contribution >= 0.6 is 0 Å². The van der Waals surface area contributed by atoms with Gasteiger partial charge in [0.05, 0.1) is 5.69 Å². The van der Waals surface area contributed by atoms with E-state index in [9.17, 15) is 4.79 Å². The Morgan fingerprint density at radius 1 is 1.07 bits per heavy atom. The maximum absolute atomic E-state index is 12.4. The summed E-state index contributed by atoms with van der Waals surface area (Å²) in [4.78, 5) is 12.4. The quantitative estimate of drug-likeness (QED) is 0.548. The van der Waals surface area contributed by atoms with Crippen molar-refractivity contribution in [3.63, 3.8) is 0 Å². The van der Waals surface area contributed by atoms with Crippen LogP contribution in [0.3, 0.4) is 0 Å². The standard InChI is InChI=1S/C24H29N3O2/c1-4-20-9-11-23(12-10-20)29-17-21-7-5-8-22(16-21)24(28)25-13-6-14-27-19(3)15-18(2)26-27/h5,7-12,15-16H,4,6,13-14,17H2,1-3H3,(H,25,28). The highest BCUT2D eigenvalue weighted by molar-refractivity contribution is 5.94. The van der Waals surface area contributed by atoms with Crippen LogP contribution in [-0.4, -0.2) is 22.2 Å². The molecule has 5 nitrogen and oxygen atoms in total. The molecule has 3 rings (SSSR count). The summed E-state index contributed by atoms with van der Waals surface area (Å²) in [5, 5.41) is 7.43. The first kappa shape index (κ1) is 20.6. The maximum Gasteiger partial charge on any atom is 0.251 e. The molecule has 1 heterocycles. The summed E-state index contributed by atoms with van der Waals surface area (Å²) in [6.07, 6.45) is 1.85. The molecule has 0 bridgehead atoms. The predicted octanol–water partition coefficient (Wildman–Crippen LogP) is 4.46. The lowest BCUT2D eigenvalue weighted by atomic mass is 10.1. The van der Waals surface area contributed by atoms with E-state index in [-0.39, 0.29) is 5.91 Å². The van der Waals surface area contributed by atoms with Crippen LogP contribution in [0.1, 0.15) is 46.2 Å². The number of rotatable bonds is 9. The number of aromatic nitrogens is 2. The van der Waals surface area contributed by atoms with Gasteiger partial charge in [-0.15, -0.1) is 0 Å². The molecule has 29 heavy (non-hydrogen) atoms. The van der Waals surface area contributed by atoms with Crippen molar-refractivity contribution in [2.75, 3.05) is 6.54 Å². The summed E-state index contributed by atoms with van der Waals surface area (Å²) < 4.78 is 7.82. The molecule has 0 saturated heterocycles. The maximum atomic E-state index is 12.4. The summed E-state index contributed by atoms with van der Waals surface area (Å²) in [5.41, 5.74) is 5.07. The molecule has 0 unspecified atom stereocenters. The van der Waals surface area contributed by atoms with E-state index in [2.05, 4.69) is 35.5 Å². The third kappa shape index (κ3) is 5.95. The third-order valence-electron chi connectivity index (χ3n) is 4.86. The molecule has 1 N–H and O–H groups in total. The van der Waals surface area contributed by atoms with Gasteiger partial charge >= 0.3 is 0 Å². The highest BCUT2D eigenvalue weighted by Crippen LogP contribution is 2.15. The molecule has 0 saturated carbocycles. The van der Waals surface area contributed by atoms with Gasteiger partial charge in [-0.2, -0.15) is 5.10 Å². The van der Waals surface area contributed by atoms with Crippen LogP contribution in [-0.2, 0) is 19.6 Å². The van der Waals surface area contributed by atoms with E-state index >= 15 is 0 Å². The van der Waals surface area contributed by atoms with Gasteiger partial charge < -0.3 is 10.1 Å². The Bertz CT molecular complexity index is 945. The van der Waals surface area contributed by atoms with E-state index in [4.69, 9.17) is 4.74 Å². The molecular formula is C24H29N3O2. The minimum atomic E-state index is -0.0625. The zero-order valence-electron chi connectivity index (χ0n) is 17.4. The van der Waals surface area contributed by atoms with Gasteiger partial charge in [0.1, 0.15) is 12.4 Å². The van der Waals surface area contributed by atoms with Gasteiger partial charge in [0.2, 0.25) is 0 Å². The second kappa shape index (κ2) is 9.92. The SMILES string of the molecule is CCc1ccc(OCc2cccc(C(=O)NCCCn3nc(C)cc3C)c2)cc1. The number of hydrogen-bond donors (Lipinski definition) is 1. The van der Waals surface area contributed by atoms with Crippen molar-refractivity contribution >= 4 is 5.91 Å². The normalized spacial score (nSPS) is 10.7. The van der Waals surface area contributed by atoms with Crippen molar-refractivity contribution in [1.82, 2.24) is 15.1 Å². The molecule has 152 valence electrons. The van der Waals surface area contributed by atoms with Crippen LogP contribution in [0.4, 0.5) is 0 Å². The van der Waals surface area contributed by atoms with Gasteiger partial charge in [-0.05, 0) is 68.1 Å². The molecule has 0 aliphatic rings. The van der Waals surface area contributed by atoms with E-state index in [0.29, 0.717) is 18.7 Å². The Hall–Kier alpha value is -3.08. The summed E-state index contributed by atoms with van der Waals surface area (Å²) >= 11 is 0. The molecule has 1 aromatic heterocycles. The van der Waals surface area contributed by atoms with E-state index in [1.165, 1.54) is 5.56 Å². The average Bonchev–Trinajstić information content (AvgIpc) is 3.07. The first-order valence-corrected chi connectivity index (χ1v) is 10.1. The van der Waals surface area contributed by atoms with Gasteiger partial charge in [0.15, 0.2) is 0 Å². The van der Waals surface area contributed by atoms with Gasteiger partial charge in [0.25, 0.3) is 5.91 Å². The van der Waals surface area contributed by atoms with Crippen molar-refractivity contribution in [3.8, 4) is 5.75 Å². The number of amides is 1. The number of nitrogens with zero attached hydrogens (tertiary/aromatic N) is 2. The van der Waals surface area contributed by atoms with Crippen LogP contribution in [0.15, 0.2) is 54.6 Å².